The topological polar surface area (TPSA) is 24.5 Å². The Morgan fingerprint density at radius 3 is 2.25 bits per heavy atom. The van der Waals surface area contributed by atoms with Crippen LogP contribution >= 0.6 is 11.6 Å². The molecule has 0 spiro atoms. The van der Waals surface area contributed by atoms with Gasteiger partial charge >= 0.3 is 6.18 Å². The Hall–Kier alpha value is -2.70. The van der Waals surface area contributed by atoms with Gasteiger partial charge in [0.15, 0.2) is 0 Å². The lowest BCUT2D eigenvalue weighted by molar-refractivity contribution is -0.137. The van der Waals surface area contributed by atoms with Crippen LogP contribution in [0.2, 0.25) is 5.02 Å². The van der Waals surface area contributed by atoms with Crippen LogP contribution < -0.4 is 15.0 Å². The van der Waals surface area contributed by atoms with Gasteiger partial charge in [-0.25, -0.2) is 0 Å². The second-order valence-corrected chi connectivity index (χ2v) is 8.38. The van der Waals surface area contributed by atoms with Gasteiger partial charge in [-0.1, -0.05) is 41.9 Å². The SMILES string of the molecule is FC(F)(F)c1ccc(OC2CNCC2CN(Cc2ccccc2)c2ccc(Cl)cc2)cc1. The molecular formula is C25H24ClF3N2O. The van der Waals surface area contributed by atoms with E-state index in [0.29, 0.717) is 17.3 Å². The van der Waals surface area contributed by atoms with Crippen LogP contribution in [0.15, 0.2) is 78.9 Å². The van der Waals surface area contributed by atoms with Gasteiger partial charge in [0.25, 0.3) is 0 Å². The fourth-order valence-corrected chi connectivity index (χ4v) is 4.05. The number of nitrogens with zero attached hydrogens (tertiary/aromatic N) is 1. The molecule has 4 rings (SSSR count). The monoisotopic (exact) mass is 460 g/mol. The Labute approximate surface area is 190 Å². The zero-order valence-electron chi connectivity index (χ0n) is 17.4. The lowest BCUT2D eigenvalue weighted by Gasteiger charge is -2.30. The minimum absolute atomic E-state index is 0.141. The summed E-state index contributed by atoms with van der Waals surface area (Å²) in [5, 5.41) is 4.04. The molecule has 0 aromatic heterocycles. The molecule has 3 aromatic rings. The van der Waals surface area contributed by atoms with Crippen molar-refractivity contribution >= 4 is 17.3 Å². The summed E-state index contributed by atoms with van der Waals surface area (Å²) >= 11 is 6.08. The first kappa shape index (κ1) is 22.5. The van der Waals surface area contributed by atoms with Gasteiger partial charge in [0.05, 0.1) is 5.56 Å². The van der Waals surface area contributed by atoms with Gasteiger partial charge in [0.2, 0.25) is 0 Å². The van der Waals surface area contributed by atoms with Crippen LogP contribution in [0.25, 0.3) is 0 Å². The second-order valence-electron chi connectivity index (χ2n) is 7.94. The van der Waals surface area contributed by atoms with E-state index in [1.807, 2.05) is 42.5 Å². The molecule has 7 heteroatoms. The molecule has 1 fully saturated rings. The van der Waals surface area contributed by atoms with Gasteiger partial charge < -0.3 is 15.0 Å². The summed E-state index contributed by atoms with van der Waals surface area (Å²) < 4.78 is 44.6. The third kappa shape index (κ3) is 5.75. The van der Waals surface area contributed by atoms with Crippen molar-refractivity contribution < 1.29 is 17.9 Å². The van der Waals surface area contributed by atoms with Crippen molar-refractivity contribution in [1.29, 1.82) is 0 Å². The van der Waals surface area contributed by atoms with Crippen LogP contribution in [0.5, 0.6) is 5.75 Å². The lowest BCUT2D eigenvalue weighted by Crippen LogP contribution is -2.37. The van der Waals surface area contributed by atoms with E-state index >= 15 is 0 Å². The predicted molar refractivity (Wildman–Crippen MR) is 121 cm³/mol. The highest BCUT2D eigenvalue weighted by atomic mass is 35.5. The van der Waals surface area contributed by atoms with E-state index in [1.165, 1.54) is 17.7 Å². The second kappa shape index (κ2) is 9.84. The van der Waals surface area contributed by atoms with E-state index in [9.17, 15) is 13.2 Å². The summed E-state index contributed by atoms with van der Waals surface area (Å²) in [6.45, 7) is 2.87. The molecular weight excluding hydrogens is 437 g/mol. The minimum Gasteiger partial charge on any atom is -0.489 e. The smallest absolute Gasteiger partial charge is 0.416 e. The van der Waals surface area contributed by atoms with Crippen LogP contribution in [0.1, 0.15) is 11.1 Å². The predicted octanol–water partition coefficient (Wildman–Crippen LogP) is 6.03. The van der Waals surface area contributed by atoms with E-state index in [4.69, 9.17) is 16.3 Å². The minimum atomic E-state index is -4.35. The van der Waals surface area contributed by atoms with E-state index in [0.717, 1.165) is 37.5 Å². The van der Waals surface area contributed by atoms with Gasteiger partial charge in [0.1, 0.15) is 11.9 Å². The fraction of sp³-hybridized carbons (Fsp3) is 0.280. The maximum atomic E-state index is 12.8. The van der Waals surface area contributed by atoms with Crippen molar-refractivity contribution in [1.82, 2.24) is 5.32 Å². The van der Waals surface area contributed by atoms with E-state index in [2.05, 4.69) is 22.3 Å². The molecule has 0 radical (unpaired) electrons. The average Bonchev–Trinajstić information content (AvgIpc) is 3.21. The maximum absolute atomic E-state index is 12.8. The van der Waals surface area contributed by atoms with Crippen LogP contribution in [-0.2, 0) is 12.7 Å². The zero-order valence-corrected chi connectivity index (χ0v) is 18.1. The standard InChI is InChI=1S/C25H24ClF3N2O/c26-21-8-10-22(11-9-21)31(16-18-4-2-1-3-5-18)17-19-14-30-15-24(19)32-23-12-6-20(7-13-23)25(27,28)29/h1-13,19,24,30H,14-17H2. The first-order valence-electron chi connectivity index (χ1n) is 10.5. The van der Waals surface area contributed by atoms with Gasteiger partial charge in [-0.15, -0.1) is 0 Å². The molecule has 1 aliphatic heterocycles. The molecule has 0 aliphatic carbocycles. The highest BCUT2D eigenvalue weighted by molar-refractivity contribution is 6.30. The maximum Gasteiger partial charge on any atom is 0.416 e. The molecule has 2 atom stereocenters. The van der Waals surface area contributed by atoms with Crippen molar-refractivity contribution in [2.45, 2.75) is 18.8 Å². The first-order chi connectivity index (χ1) is 15.4. The Kier molecular flexibility index (Phi) is 6.92. The van der Waals surface area contributed by atoms with Crippen molar-refractivity contribution in [3.63, 3.8) is 0 Å². The van der Waals surface area contributed by atoms with Gasteiger partial charge in [-0.2, -0.15) is 13.2 Å². The number of alkyl halides is 3. The number of ether oxygens (including phenoxy) is 1. The van der Waals surface area contributed by atoms with Gasteiger partial charge in [-0.3, -0.25) is 0 Å². The zero-order chi connectivity index (χ0) is 22.6. The molecule has 2 unspecified atom stereocenters. The molecule has 3 nitrogen and oxygen atoms in total. The highest BCUT2D eigenvalue weighted by Gasteiger charge is 2.32. The fourth-order valence-electron chi connectivity index (χ4n) is 3.93. The summed E-state index contributed by atoms with van der Waals surface area (Å²) in [5.74, 6) is 0.606. The molecule has 1 heterocycles. The van der Waals surface area contributed by atoms with Crippen molar-refractivity contribution in [2.75, 3.05) is 24.5 Å². The Bertz CT molecular complexity index is 994. The van der Waals surface area contributed by atoms with Crippen molar-refractivity contribution in [2.24, 2.45) is 5.92 Å². The quantitative estimate of drug-likeness (QED) is 0.465. The van der Waals surface area contributed by atoms with Crippen LogP contribution in [-0.4, -0.2) is 25.7 Å². The lowest BCUT2D eigenvalue weighted by atomic mass is 10.0. The summed E-state index contributed by atoms with van der Waals surface area (Å²) in [7, 11) is 0. The van der Waals surface area contributed by atoms with Crippen LogP contribution in [0.3, 0.4) is 0 Å². The van der Waals surface area contributed by atoms with E-state index in [1.54, 1.807) is 0 Å². The largest absolute Gasteiger partial charge is 0.489 e. The Morgan fingerprint density at radius 1 is 0.906 bits per heavy atom. The van der Waals surface area contributed by atoms with Crippen LogP contribution in [0, 0.1) is 5.92 Å². The Morgan fingerprint density at radius 2 is 1.59 bits per heavy atom. The molecule has 1 aliphatic rings. The highest BCUT2D eigenvalue weighted by Crippen LogP contribution is 2.31. The summed E-state index contributed by atoms with van der Waals surface area (Å²) in [6.07, 6.45) is -4.50. The molecule has 0 saturated carbocycles. The molecule has 168 valence electrons. The van der Waals surface area contributed by atoms with E-state index < -0.39 is 11.7 Å². The molecule has 0 bridgehead atoms. The number of halogens is 4. The summed E-state index contributed by atoms with van der Waals surface area (Å²) in [5.41, 5.74) is 1.56. The van der Waals surface area contributed by atoms with Crippen molar-refractivity contribution in [3.05, 3.63) is 95.0 Å². The summed E-state index contributed by atoms with van der Waals surface area (Å²) in [6, 6.07) is 22.8. The molecule has 1 N–H and O–H groups in total. The van der Waals surface area contributed by atoms with Crippen LogP contribution in [0.4, 0.5) is 18.9 Å². The number of hydrogen-bond acceptors (Lipinski definition) is 3. The molecule has 3 aromatic carbocycles. The molecule has 0 amide bonds. The van der Waals surface area contributed by atoms with Gasteiger partial charge in [-0.05, 0) is 54.1 Å². The van der Waals surface area contributed by atoms with Gasteiger partial charge in [0, 0.05) is 42.8 Å². The number of nitrogens with one attached hydrogen (secondary N) is 1. The normalized spacial score (nSPS) is 18.5. The molecule has 32 heavy (non-hydrogen) atoms. The number of benzene rings is 3. The number of hydrogen-bond donors (Lipinski definition) is 1. The third-order valence-electron chi connectivity index (χ3n) is 5.61. The van der Waals surface area contributed by atoms with Crippen molar-refractivity contribution in [3.8, 4) is 5.75 Å². The summed E-state index contributed by atoms with van der Waals surface area (Å²) in [4.78, 5) is 2.28. The number of anilines is 1. The number of rotatable bonds is 7. The average molecular weight is 461 g/mol. The van der Waals surface area contributed by atoms with E-state index in [-0.39, 0.29) is 12.0 Å². The first-order valence-corrected chi connectivity index (χ1v) is 10.9. The Balaban J connectivity index is 1.48. The molecule has 1 saturated heterocycles. The third-order valence-corrected chi connectivity index (χ3v) is 5.86.